The highest BCUT2D eigenvalue weighted by Gasteiger charge is 2.45. The summed E-state index contributed by atoms with van der Waals surface area (Å²) in [5, 5.41) is 20.0. The first-order valence-electron chi connectivity index (χ1n) is 8.27. The number of aliphatic hydroxyl groups is 2. The van der Waals surface area contributed by atoms with Gasteiger partial charge in [-0.05, 0) is 42.0 Å². The van der Waals surface area contributed by atoms with Crippen LogP contribution in [-0.2, 0) is 9.59 Å². The number of hydrogen-bond donors (Lipinski definition) is 2. The molecule has 0 saturated carbocycles. The summed E-state index contributed by atoms with van der Waals surface area (Å²) in [6, 6.07) is 10.8. The monoisotopic (exact) mass is 371 g/mol. The van der Waals surface area contributed by atoms with Crippen LogP contribution in [0.15, 0.2) is 54.1 Å². The van der Waals surface area contributed by atoms with Gasteiger partial charge in [-0.1, -0.05) is 12.1 Å². The van der Waals surface area contributed by atoms with Gasteiger partial charge in [-0.15, -0.1) is 0 Å². The van der Waals surface area contributed by atoms with Gasteiger partial charge in [0.05, 0.1) is 25.3 Å². The largest absolute Gasteiger partial charge is 0.507 e. The number of nitrogens with zero attached hydrogens (tertiary/aromatic N) is 1. The number of methoxy groups -OCH3 is 1. The predicted molar refractivity (Wildman–Crippen MR) is 95.5 cm³/mol. The van der Waals surface area contributed by atoms with Crippen LogP contribution < -0.4 is 4.74 Å². The number of carbonyl (C=O) groups is 2. The number of ketones is 1. The normalized spacial score (nSPS) is 18.8. The van der Waals surface area contributed by atoms with Crippen molar-refractivity contribution >= 4 is 17.4 Å². The predicted octanol–water partition coefficient (Wildman–Crippen LogP) is 2.25. The summed E-state index contributed by atoms with van der Waals surface area (Å²) in [6.07, 6.45) is 0. The minimum atomic E-state index is -0.917. The van der Waals surface area contributed by atoms with E-state index in [0.717, 1.165) is 0 Å². The molecule has 0 spiro atoms. The van der Waals surface area contributed by atoms with E-state index in [0.29, 0.717) is 16.9 Å². The molecule has 3 rings (SSSR count). The Kier molecular flexibility index (Phi) is 5.23. The third-order valence-electron chi connectivity index (χ3n) is 4.43. The van der Waals surface area contributed by atoms with Crippen LogP contribution >= 0.6 is 0 Å². The van der Waals surface area contributed by atoms with Gasteiger partial charge in [0.2, 0.25) is 0 Å². The van der Waals surface area contributed by atoms with Gasteiger partial charge in [-0.25, -0.2) is 4.39 Å². The summed E-state index contributed by atoms with van der Waals surface area (Å²) in [5.41, 5.74) is 0.689. The maximum Gasteiger partial charge on any atom is 0.295 e. The van der Waals surface area contributed by atoms with Crippen molar-refractivity contribution in [2.75, 3.05) is 20.3 Å². The molecule has 27 heavy (non-hydrogen) atoms. The van der Waals surface area contributed by atoms with Crippen molar-refractivity contribution in [2.24, 2.45) is 0 Å². The van der Waals surface area contributed by atoms with Gasteiger partial charge < -0.3 is 19.8 Å². The number of β-amino-alcohol motifs (C(OH)–C–C–N with tert-alkyl or cyclic N) is 1. The fourth-order valence-electron chi connectivity index (χ4n) is 3.11. The maximum absolute atomic E-state index is 13.3. The molecule has 0 aromatic heterocycles. The van der Waals surface area contributed by atoms with Crippen molar-refractivity contribution in [1.29, 1.82) is 0 Å². The number of amides is 1. The lowest BCUT2D eigenvalue weighted by atomic mass is 9.95. The zero-order valence-corrected chi connectivity index (χ0v) is 14.6. The number of ether oxygens (including phenoxy) is 1. The number of hydrogen-bond acceptors (Lipinski definition) is 5. The molecule has 0 radical (unpaired) electrons. The van der Waals surface area contributed by atoms with Crippen molar-refractivity contribution in [3.05, 3.63) is 71.0 Å². The molecule has 0 aliphatic carbocycles. The van der Waals surface area contributed by atoms with Gasteiger partial charge in [-0.2, -0.15) is 0 Å². The summed E-state index contributed by atoms with van der Waals surface area (Å²) in [4.78, 5) is 26.2. The molecule has 1 heterocycles. The Labute approximate surface area is 155 Å². The average molecular weight is 371 g/mol. The van der Waals surface area contributed by atoms with Crippen LogP contribution in [0.25, 0.3) is 5.76 Å². The molecule has 1 amide bonds. The van der Waals surface area contributed by atoms with Gasteiger partial charge in [0.15, 0.2) is 0 Å². The first-order chi connectivity index (χ1) is 13.0. The summed E-state index contributed by atoms with van der Waals surface area (Å²) >= 11 is 0. The van der Waals surface area contributed by atoms with Crippen molar-refractivity contribution < 1.29 is 28.9 Å². The lowest BCUT2D eigenvalue weighted by molar-refractivity contribution is -0.140. The fraction of sp³-hybridized carbons (Fsp3) is 0.200. The molecular weight excluding hydrogens is 353 g/mol. The second kappa shape index (κ2) is 7.59. The van der Waals surface area contributed by atoms with E-state index in [9.17, 15) is 24.2 Å². The Balaban J connectivity index is 2.14. The Morgan fingerprint density at radius 3 is 2.30 bits per heavy atom. The first-order valence-corrected chi connectivity index (χ1v) is 8.27. The van der Waals surface area contributed by atoms with Crippen LogP contribution in [0.1, 0.15) is 17.2 Å². The van der Waals surface area contributed by atoms with E-state index in [4.69, 9.17) is 4.74 Å². The Hall–Kier alpha value is -3.19. The summed E-state index contributed by atoms with van der Waals surface area (Å²) in [6.45, 7) is -0.445. The molecule has 0 bridgehead atoms. The second-order valence-corrected chi connectivity index (χ2v) is 6.00. The van der Waals surface area contributed by atoms with Crippen LogP contribution in [-0.4, -0.2) is 47.1 Å². The number of likely N-dealkylation sites (tertiary alicyclic amines) is 1. The second-order valence-electron chi connectivity index (χ2n) is 6.00. The number of carbonyl (C=O) groups excluding carboxylic acids is 2. The highest BCUT2D eigenvalue weighted by molar-refractivity contribution is 6.46. The number of aliphatic hydroxyl groups excluding tert-OH is 2. The van der Waals surface area contributed by atoms with Crippen molar-refractivity contribution in [2.45, 2.75) is 6.04 Å². The molecule has 2 aromatic rings. The zero-order chi connectivity index (χ0) is 19.6. The summed E-state index contributed by atoms with van der Waals surface area (Å²) in [7, 11) is 1.50. The van der Waals surface area contributed by atoms with Crippen LogP contribution in [0, 0.1) is 5.82 Å². The number of rotatable bonds is 5. The molecule has 2 aromatic carbocycles. The van der Waals surface area contributed by atoms with Gasteiger partial charge in [0.1, 0.15) is 17.3 Å². The first kappa shape index (κ1) is 18.6. The van der Waals surface area contributed by atoms with E-state index in [-0.39, 0.29) is 24.5 Å². The molecule has 1 aliphatic heterocycles. The maximum atomic E-state index is 13.3. The van der Waals surface area contributed by atoms with Crippen molar-refractivity contribution in [3.63, 3.8) is 0 Å². The zero-order valence-electron chi connectivity index (χ0n) is 14.6. The Bertz CT molecular complexity index is 890. The molecule has 1 unspecified atom stereocenters. The molecule has 2 N–H and O–H groups in total. The van der Waals surface area contributed by atoms with E-state index in [1.807, 2.05) is 0 Å². The summed E-state index contributed by atoms with van der Waals surface area (Å²) < 4.78 is 18.4. The number of benzene rings is 2. The van der Waals surface area contributed by atoms with E-state index in [1.54, 1.807) is 24.3 Å². The van der Waals surface area contributed by atoms with Crippen LogP contribution in [0.2, 0.25) is 0 Å². The van der Waals surface area contributed by atoms with E-state index in [1.165, 1.54) is 36.3 Å². The molecule has 140 valence electrons. The molecule has 1 saturated heterocycles. The minimum Gasteiger partial charge on any atom is -0.507 e. The fourth-order valence-corrected chi connectivity index (χ4v) is 3.11. The summed E-state index contributed by atoms with van der Waals surface area (Å²) in [5.74, 6) is -1.92. The van der Waals surface area contributed by atoms with Crippen molar-refractivity contribution in [3.8, 4) is 5.75 Å². The molecule has 1 aliphatic rings. The lowest BCUT2D eigenvalue weighted by Gasteiger charge is -2.24. The molecular formula is C20H18FNO5. The van der Waals surface area contributed by atoms with Crippen molar-refractivity contribution in [1.82, 2.24) is 4.90 Å². The van der Waals surface area contributed by atoms with Gasteiger partial charge in [0.25, 0.3) is 11.7 Å². The molecule has 1 fully saturated rings. The lowest BCUT2D eigenvalue weighted by Crippen LogP contribution is -2.32. The molecule has 1 atom stereocenters. The SMILES string of the molecule is COc1ccc(C(O)=C2C(=O)C(=O)N(CCO)C2c2ccc(F)cc2)cc1. The van der Waals surface area contributed by atoms with E-state index in [2.05, 4.69) is 0 Å². The molecule has 7 heteroatoms. The third-order valence-corrected chi connectivity index (χ3v) is 4.43. The van der Waals surface area contributed by atoms with Gasteiger partial charge >= 0.3 is 0 Å². The highest BCUT2D eigenvalue weighted by atomic mass is 19.1. The number of halogens is 1. The molecule has 6 nitrogen and oxygen atoms in total. The van der Waals surface area contributed by atoms with E-state index >= 15 is 0 Å². The quantitative estimate of drug-likeness (QED) is 0.478. The standard InChI is InChI=1S/C20H18FNO5/c1-27-15-8-4-13(5-9-15)18(24)16-17(12-2-6-14(21)7-3-12)22(10-11-23)20(26)19(16)25/h2-9,17,23-24H,10-11H2,1H3. The van der Waals surface area contributed by atoms with Crippen LogP contribution in [0.5, 0.6) is 5.75 Å². The topological polar surface area (TPSA) is 87.1 Å². The van der Waals surface area contributed by atoms with Gasteiger partial charge in [-0.3, -0.25) is 9.59 Å². The van der Waals surface area contributed by atoms with Crippen LogP contribution in [0.4, 0.5) is 4.39 Å². The van der Waals surface area contributed by atoms with Crippen LogP contribution in [0.3, 0.4) is 0 Å². The van der Waals surface area contributed by atoms with Gasteiger partial charge in [0, 0.05) is 12.1 Å². The Morgan fingerprint density at radius 1 is 1.11 bits per heavy atom. The van der Waals surface area contributed by atoms with E-state index < -0.39 is 23.5 Å². The minimum absolute atomic E-state index is 0.0913. The highest BCUT2D eigenvalue weighted by Crippen LogP contribution is 2.39. The Morgan fingerprint density at radius 2 is 1.74 bits per heavy atom. The average Bonchev–Trinajstić information content (AvgIpc) is 2.93. The third kappa shape index (κ3) is 3.41. The number of Topliss-reactive ketones (excluding diaryl/α,β-unsaturated/α-hetero) is 1. The smallest absolute Gasteiger partial charge is 0.295 e.